The first kappa shape index (κ1) is 26.8. The smallest absolute Gasteiger partial charge is 0.335 e. The topological polar surface area (TPSA) is 68.3 Å². The molecule has 3 aliphatic heterocycles. The third-order valence-corrected chi connectivity index (χ3v) is 7.79. The molecule has 5 nitrogen and oxygen atoms in total. The van der Waals surface area contributed by atoms with Crippen LogP contribution >= 0.6 is 0 Å². The van der Waals surface area contributed by atoms with Gasteiger partial charge in [-0.05, 0) is 76.7 Å². The molecule has 0 saturated carbocycles. The van der Waals surface area contributed by atoms with Gasteiger partial charge in [0.15, 0.2) is 0 Å². The second-order valence-electron chi connectivity index (χ2n) is 10.9. The van der Waals surface area contributed by atoms with Crippen LogP contribution in [0.5, 0.6) is 0 Å². The number of cyclic esters (lactones) is 1. The van der Waals surface area contributed by atoms with Crippen LogP contribution < -0.4 is 0 Å². The molecule has 0 radical (unpaired) electrons. The minimum absolute atomic E-state index is 0.0290. The molecular weight excluding hydrogens is 452 g/mol. The van der Waals surface area contributed by atoms with Crippen LogP contribution in [0.1, 0.15) is 71.6 Å². The van der Waals surface area contributed by atoms with Crippen LogP contribution in [0, 0.1) is 11.8 Å². The Bertz CT molecular complexity index is 941. The van der Waals surface area contributed by atoms with Gasteiger partial charge in [-0.3, -0.25) is 0 Å². The van der Waals surface area contributed by atoms with Gasteiger partial charge in [0.2, 0.25) is 0 Å². The summed E-state index contributed by atoms with van der Waals surface area (Å²) in [6, 6.07) is 0. The van der Waals surface area contributed by atoms with Crippen molar-refractivity contribution < 1.29 is 24.1 Å². The predicted molar refractivity (Wildman–Crippen MR) is 142 cm³/mol. The lowest BCUT2D eigenvalue weighted by Gasteiger charge is -2.25. The van der Waals surface area contributed by atoms with Crippen molar-refractivity contribution in [3.05, 3.63) is 72.6 Å². The van der Waals surface area contributed by atoms with Crippen molar-refractivity contribution >= 4 is 5.97 Å². The number of ether oxygens (including phenoxy) is 3. The SMILES string of the molecule is C=C1CCC[C@@H]2CC=CC(C/C=C\C(=O)O/C(C(C)/C=C/C3CC=CCC3)=C/[C@@H]3OC3(C)[C@@H](O)C1)O2. The first-order valence-electron chi connectivity index (χ1n) is 13.6. The van der Waals surface area contributed by atoms with Gasteiger partial charge in [-0.1, -0.05) is 61.6 Å². The molecule has 4 unspecified atom stereocenters. The van der Waals surface area contributed by atoms with Crippen LogP contribution in [0.25, 0.3) is 0 Å². The molecular formula is C31H42O5. The lowest BCUT2D eigenvalue weighted by Crippen LogP contribution is -2.29. The Labute approximate surface area is 216 Å². The third kappa shape index (κ3) is 7.41. The second-order valence-corrected chi connectivity index (χ2v) is 10.9. The molecule has 1 saturated heterocycles. The van der Waals surface area contributed by atoms with Gasteiger partial charge < -0.3 is 19.3 Å². The Morgan fingerprint density at radius 1 is 1.17 bits per heavy atom. The van der Waals surface area contributed by atoms with E-state index in [1.54, 1.807) is 0 Å². The normalized spacial score (nSPS) is 39.3. The van der Waals surface area contributed by atoms with E-state index in [4.69, 9.17) is 14.2 Å². The molecule has 36 heavy (non-hydrogen) atoms. The molecule has 0 aromatic heterocycles. The molecule has 4 rings (SSSR count). The zero-order valence-electron chi connectivity index (χ0n) is 21.8. The lowest BCUT2D eigenvalue weighted by atomic mass is 9.91. The number of aliphatic hydroxyl groups is 1. The fourth-order valence-corrected chi connectivity index (χ4v) is 5.20. The van der Waals surface area contributed by atoms with Crippen molar-refractivity contribution in [3.8, 4) is 0 Å². The monoisotopic (exact) mass is 494 g/mol. The molecule has 1 N–H and O–H groups in total. The number of esters is 1. The molecule has 3 heterocycles. The van der Waals surface area contributed by atoms with E-state index < -0.39 is 17.7 Å². The Balaban J connectivity index is 1.50. The van der Waals surface area contributed by atoms with Gasteiger partial charge in [-0.2, -0.15) is 0 Å². The van der Waals surface area contributed by atoms with E-state index in [1.807, 2.05) is 26.0 Å². The van der Waals surface area contributed by atoms with E-state index >= 15 is 0 Å². The molecule has 196 valence electrons. The maximum Gasteiger partial charge on any atom is 0.335 e. The quantitative estimate of drug-likeness (QED) is 0.284. The summed E-state index contributed by atoms with van der Waals surface area (Å²) in [7, 11) is 0. The highest BCUT2D eigenvalue weighted by molar-refractivity contribution is 5.82. The standard InChI is InChI=1S/C31H42O5/c1-22-10-7-13-25-14-8-15-26(34-25)16-9-17-30(33)35-27(21-29-31(3,36-29)28(32)20-22)23(2)18-19-24-11-5-4-6-12-24/h4-5,8-9,15,17-19,21,23-26,28-29,32H,1,6-7,10-14,16,20H2,2-3H3/b17-9-,19-18+,27-21+/t23?,24?,25-,26?,28+,29+,31?/m1/s1. The number of hydrogen-bond acceptors (Lipinski definition) is 5. The van der Waals surface area contributed by atoms with Gasteiger partial charge in [0.25, 0.3) is 0 Å². The number of allylic oxidation sites excluding steroid dienone is 4. The van der Waals surface area contributed by atoms with Crippen LogP contribution in [-0.2, 0) is 19.0 Å². The molecule has 0 amide bonds. The summed E-state index contributed by atoms with van der Waals surface area (Å²) >= 11 is 0. The van der Waals surface area contributed by atoms with Crippen molar-refractivity contribution in [1.29, 1.82) is 0 Å². The average Bonchev–Trinajstić information content (AvgIpc) is 3.53. The fourth-order valence-electron chi connectivity index (χ4n) is 5.20. The molecule has 5 heteroatoms. The summed E-state index contributed by atoms with van der Waals surface area (Å²) in [5, 5.41) is 10.9. The van der Waals surface area contributed by atoms with Gasteiger partial charge >= 0.3 is 5.97 Å². The van der Waals surface area contributed by atoms with E-state index in [0.29, 0.717) is 24.5 Å². The molecule has 1 aliphatic carbocycles. The average molecular weight is 495 g/mol. The van der Waals surface area contributed by atoms with Crippen molar-refractivity contribution in [3.63, 3.8) is 0 Å². The number of carbonyl (C=O) groups is 1. The number of rotatable bonds is 3. The van der Waals surface area contributed by atoms with Crippen molar-refractivity contribution in [2.24, 2.45) is 11.8 Å². The molecule has 0 aromatic carbocycles. The van der Waals surface area contributed by atoms with Crippen LogP contribution in [0.15, 0.2) is 72.6 Å². The summed E-state index contributed by atoms with van der Waals surface area (Å²) in [5.74, 6) is 0.568. The second kappa shape index (κ2) is 12.4. The molecule has 7 atom stereocenters. The molecule has 1 fully saturated rings. The Morgan fingerprint density at radius 3 is 2.83 bits per heavy atom. The minimum atomic E-state index is -0.704. The highest BCUT2D eigenvalue weighted by Gasteiger charge is 2.56. The number of hydrogen-bond donors (Lipinski definition) is 1. The lowest BCUT2D eigenvalue weighted by molar-refractivity contribution is -0.134. The predicted octanol–water partition coefficient (Wildman–Crippen LogP) is 6.27. The highest BCUT2D eigenvalue weighted by Crippen LogP contribution is 2.43. The van der Waals surface area contributed by atoms with Gasteiger partial charge in [0.1, 0.15) is 17.5 Å². The van der Waals surface area contributed by atoms with Crippen LogP contribution in [-0.4, -0.2) is 41.1 Å². The molecule has 0 aromatic rings. The Kier molecular flexibility index (Phi) is 9.21. The van der Waals surface area contributed by atoms with Gasteiger partial charge in [-0.25, -0.2) is 4.79 Å². The summed E-state index contributed by atoms with van der Waals surface area (Å²) in [6.07, 6.45) is 25.5. The third-order valence-electron chi connectivity index (χ3n) is 7.79. The first-order chi connectivity index (χ1) is 17.3. The van der Waals surface area contributed by atoms with Gasteiger partial charge in [0.05, 0.1) is 18.3 Å². The summed E-state index contributed by atoms with van der Waals surface area (Å²) in [4.78, 5) is 12.7. The van der Waals surface area contributed by atoms with Gasteiger partial charge in [0, 0.05) is 12.0 Å². The van der Waals surface area contributed by atoms with Crippen molar-refractivity contribution in [1.82, 2.24) is 0 Å². The van der Waals surface area contributed by atoms with Gasteiger partial charge in [-0.15, -0.1) is 0 Å². The number of epoxide rings is 1. The van der Waals surface area contributed by atoms with Crippen LogP contribution in [0.3, 0.4) is 0 Å². The highest BCUT2D eigenvalue weighted by atomic mass is 16.6. The minimum Gasteiger partial charge on any atom is -0.428 e. The summed E-state index contributed by atoms with van der Waals surface area (Å²) in [6.45, 7) is 8.15. The number of carbonyl (C=O) groups excluding carboxylic acids is 1. The molecule has 4 aliphatic rings. The first-order valence-corrected chi connectivity index (χ1v) is 13.6. The Hall–Kier alpha value is -2.21. The van der Waals surface area contributed by atoms with E-state index in [-0.39, 0.29) is 24.2 Å². The van der Waals surface area contributed by atoms with E-state index in [2.05, 4.69) is 43.0 Å². The van der Waals surface area contributed by atoms with E-state index in [9.17, 15) is 9.90 Å². The zero-order valence-corrected chi connectivity index (χ0v) is 21.8. The van der Waals surface area contributed by atoms with E-state index in [0.717, 1.165) is 50.5 Å². The zero-order chi connectivity index (χ0) is 25.5. The van der Waals surface area contributed by atoms with Crippen molar-refractivity contribution in [2.45, 2.75) is 102 Å². The largest absolute Gasteiger partial charge is 0.428 e. The fraction of sp³-hybridized carbons (Fsp3) is 0.581. The van der Waals surface area contributed by atoms with Crippen LogP contribution in [0.4, 0.5) is 0 Å². The van der Waals surface area contributed by atoms with Crippen molar-refractivity contribution in [2.75, 3.05) is 0 Å². The number of aliphatic hydroxyl groups excluding tert-OH is 1. The van der Waals surface area contributed by atoms with Crippen LogP contribution in [0.2, 0.25) is 0 Å². The Morgan fingerprint density at radius 2 is 2.03 bits per heavy atom. The van der Waals surface area contributed by atoms with E-state index in [1.165, 1.54) is 6.08 Å². The number of fused-ring (bicyclic) bond motifs is 3. The maximum atomic E-state index is 12.7. The summed E-state index contributed by atoms with van der Waals surface area (Å²) < 4.78 is 18.0. The maximum absolute atomic E-state index is 12.7. The molecule has 2 bridgehead atoms. The summed E-state index contributed by atoms with van der Waals surface area (Å²) in [5.41, 5.74) is 0.322. The molecule has 0 spiro atoms.